The molecule has 29 heavy (non-hydrogen) atoms. The molecule has 0 spiro atoms. The van der Waals surface area contributed by atoms with Gasteiger partial charge in [0.05, 0.1) is 5.69 Å². The van der Waals surface area contributed by atoms with Crippen molar-refractivity contribution in [2.45, 2.75) is 13.3 Å². The summed E-state index contributed by atoms with van der Waals surface area (Å²) in [5.41, 5.74) is 3.10. The standard InChI is InChI=1S/C21H19BrN4O3/c1-13-5-6-16(22)12-18(13)24-19(27)9-10-23-21(29)15-4-2-3-14(11-15)17-7-8-20(28)26-25-17/h2-8,11-12H,9-10H2,1H3,(H,23,29)(H,24,27)(H,26,28). The van der Waals surface area contributed by atoms with E-state index in [2.05, 4.69) is 36.8 Å². The quantitative estimate of drug-likeness (QED) is 0.531. The van der Waals surface area contributed by atoms with Crippen molar-refractivity contribution in [2.24, 2.45) is 0 Å². The summed E-state index contributed by atoms with van der Waals surface area (Å²) in [7, 11) is 0. The van der Waals surface area contributed by atoms with Gasteiger partial charge < -0.3 is 10.6 Å². The third-order valence-corrected chi connectivity index (χ3v) is 4.70. The number of hydrogen-bond acceptors (Lipinski definition) is 4. The number of benzene rings is 2. The Kier molecular flexibility index (Phi) is 6.56. The summed E-state index contributed by atoms with van der Waals surface area (Å²) >= 11 is 3.38. The van der Waals surface area contributed by atoms with Crippen molar-refractivity contribution in [2.75, 3.05) is 11.9 Å². The summed E-state index contributed by atoms with van der Waals surface area (Å²) in [6.45, 7) is 2.12. The third kappa shape index (κ3) is 5.61. The van der Waals surface area contributed by atoms with Gasteiger partial charge in [0, 0.05) is 40.3 Å². The van der Waals surface area contributed by atoms with E-state index in [0.717, 1.165) is 15.7 Å². The van der Waals surface area contributed by atoms with E-state index in [0.29, 0.717) is 16.8 Å². The van der Waals surface area contributed by atoms with Gasteiger partial charge in [-0.05, 0) is 42.8 Å². The summed E-state index contributed by atoms with van der Waals surface area (Å²) in [6.07, 6.45) is 0.152. The number of aromatic amines is 1. The zero-order valence-corrected chi connectivity index (χ0v) is 17.2. The van der Waals surface area contributed by atoms with E-state index < -0.39 is 0 Å². The Morgan fingerprint density at radius 2 is 1.93 bits per heavy atom. The van der Waals surface area contributed by atoms with E-state index >= 15 is 0 Å². The van der Waals surface area contributed by atoms with Gasteiger partial charge in [0.1, 0.15) is 0 Å². The summed E-state index contributed by atoms with van der Waals surface area (Å²) in [5.74, 6) is -0.472. The molecule has 3 aromatic rings. The minimum absolute atomic E-state index is 0.152. The minimum atomic E-state index is -0.293. The van der Waals surface area contributed by atoms with Gasteiger partial charge >= 0.3 is 0 Å². The Morgan fingerprint density at radius 3 is 2.69 bits per heavy atom. The summed E-state index contributed by atoms with van der Waals surface area (Å²) < 4.78 is 0.878. The number of anilines is 1. The molecule has 2 amide bonds. The molecule has 0 unspecified atom stereocenters. The predicted molar refractivity (Wildman–Crippen MR) is 115 cm³/mol. The van der Waals surface area contributed by atoms with Gasteiger partial charge in [0.15, 0.2) is 0 Å². The predicted octanol–water partition coefficient (Wildman–Crippen LogP) is 3.27. The topological polar surface area (TPSA) is 104 Å². The molecule has 0 aliphatic carbocycles. The summed E-state index contributed by atoms with van der Waals surface area (Å²) in [5, 5.41) is 11.9. The Hall–Kier alpha value is -3.26. The third-order valence-electron chi connectivity index (χ3n) is 4.21. The first-order valence-corrected chi connectivity index (χ1v) is 9.72. The molecule has 8 heteroatoms. The molecular formula is C21H19BrN4O3. The lowest BCUT2D eigenvalue weighted by atomic mass is 10.1. The van der Waals surface area contributed by atoms with Gasteiger partial charge in [-0.2, -0.15) is 5.10 Å². The molecule has 0 bridgehead atoms. The maximum atomic E-state index is 12.4. The van der Waals surface area contributed by atoms with Crippen LogP contribution in [0.5, 0.6) is 0 Å². The van der Waals surface area contributed by atoms with Gasteiger partial charge in [-0.3, -0.25) is 14.4 Å². The normalized spacial score (nSPS) is 10.4. The molecule has 0 saturated heterocycles. The highest BCUT2D eigenvalue weighted by Crippen LogP contribution is 2.20. The van der Waals surface area contributed by atoms with Gasteiger partial charge in [0.25, 0.3) is 11.5 Å². The molecule has 0 saturated carbocycles. The molecule has 1 heterocycles. The highest BCUT2D eigenvalue weighted by Gasteiger charge is 2.10. The maximum absolute atomic E-state index is 12.4. The molecule has 3 N–H and O–H groups in total. The van der Waals surface area contributed by atoms with E-state index in [4.69, 9.17) is 0 Å². The average Bonchev–Trinajstić information content (AvgIpc) is 2.71. The summed E-state index contributed by atoms with van der Waals surface area (Å²) in [6, 6.07) is 15.5. The van der Waals surface area contributed by atoms with Gasteiger partial charge in [-0.1, -0.05) is 34.1 Å². The Morgan fingerprint density at radius 1 is 1.10 bits per heavy atom. The fourth-order valence-corrected chi connectivity index (χ4v) is 3.02. The number of amides is 2. The fourth-order valence-electron chi connectivity index (χ4n) is 2.66. The first-order valence-electron chi connectivity index (χ1n) is 8.93. The average molecular weight is 455 g/mol. The van der Waals surface area contributed by atoms with E-state index in [1.54, 1.807) is 30.3 Å². The number of carbonyl (C=O) groups excluding carboxylic acids is 2. The van der Waals surface area contributed by atoms with Crippen LogP contribution in [-0.2, 0) is 4.79 Å². The molecule has 148 valence electrons. The number of aryl methyl sites for hydroxylation is 1. The molecule has 3 rings (SSSR count). The van der Waals surface area contributed by atoms with Crippen LogP contribution in [-0.4, -0.2) is 28.6 Å². The smallest absolute Gasteiger partial charge is 0.264 e. The lowest BCUT2D eigenvalue weighted by Crippen LogP contribution is -2.27. The molecule has 0 radical (unpaired) electrons. The fraction of sp³-hybridized carbons (Fsp3) is 0.143. The first kappa shape index (κ1) is 20.5. The molecule has 7 nitrogen and oxygen atoms in total. The van der Waals surface area contributed by atoms with Crippen LogP contribution in [0.2, 0.25) is 0 Å². The first-order chi connectivity index (χ1) is 13.9. The van der Waals surface area contributed by atoms with Crippen LogP contribution in [0.4, 0.5) is 5.69 Å². The Bertz CT molecular complexity index is 1090. The second kappa shape index (κ2) is 9.29. The SMILES string of the molecule is Cc1ccc(Br)cc1NC(=O)CCNC(=O)c1cccc(-c2ccc(=O)[nH]n2)c1. The lowest BCUT2D eigenvalue weighted by molar-refractivity contribution is -0.116. The number of halogens is 1. The van der Waals surface area contributed by atoms with Gasteiger partial charge in [-0.25, -0.2) is 5.10 Å². The van der Waals surface area contributed by atoms with Crippen LogP contribution >= 0.6 is 15.9 Å². The molecule has 1 aromatic heterocycles. The van der Waals surface area contributed by atoms with Gasteiger partial charge in [-0.15, -0.1) is 0 Å². The van der Waals surface area contributed by atoms with Crippen molar-refractivity contribution < 1.29 is 9.59 Å². The number of carbonyl (C=O) groups is 2. The van der Waals surface area contributed by atoms with Crippen LogP contribution in [0.3, 0.4) is 0 Å². The zero-order chi connectivity index (χ0) is 20.8. The number of nitrogens with one attached hydrogen (secondary N) is 3. The Labute approximate surface area is 175 Å². The number of hydrogen-bond donors (Lipinski definition) is 3. The van der Waals surface area contributed by atoms with Crippen LogP contribution in [0.15, 0.2) is 63.9 Å². The van der Waals surface area contributed by atoms with Crippen LogP contribution in [0.25, 0.3) is 11.3 Å². The zero-order valence-electron chi connectivity index (χ0n) is 15.7. The van der Waals surface area contributed by atoms with Crippen LogP contribution in [0, 0.1) is 6.92 Å². The van der Waals surface area contributed by atoms with Crippen molar-refractivity contribution in [3.63, 3.8) is 0 Å². The number of rotatable bonds is 6. The monoisotopic (exact) mass is 454 g/mol. The summed E-state index contributed by atoms with van der Waals surface area (Å²) in [4.78, 5) is 35.7. The van der Waals surface area contributed by atoms with Crippen molar-refractivity contribution in [3.8, 4) is 11.3 Å². The van der Waals surface area contributed by atoms with E-state index in [1.165, 1.54) is 6.07 Å². The largest absolute Gasteiger partial charge is 0.352 e. The Balaban J connectivity index is 1.56. The molecule has 0 fully saturated rings. The highest BCUT2D eigenvalue weighted by atomic mass is 79.9. The van der Waals surface area contributed by atoms with E-state index in [1.807, 2.05) is 25.1 Å². The second-order valence-corrected chi connectivity index (χ2v) is 7.32. The van der Waals surface area contributed by atoms with Crippen molar-refractivity contribution >= 4 is 33.4 Å². The second-order valence-electron chi connectivity index (χ2n) is 6.40. The molecule has 0 aliphatic rings. The number of aromatic nitrogens is 2. The highest BCUT2D eigenvalue weighted by molar-refractivity contribution is 9.10. The molecule has 0 aliphatic heterocycles. The van der Waals surface area contributed by atoms with E-state index in [9.17, 15) is 14.4 Å². The maximum Gasteiger partial charge on any atom is 0.264 e. The molecular weight excluding hydrogens is 436 g/mol. The van der Waals surface area contributed by atoms with Gasteiger partial charge in [0.2, 0.25) is 5.91 Å². The van der Waals surface area contributed by atoms with E-state index in [-0.39, 0.29) is 30.3 Å². The van der Waals surface area contributed by atoms with Crippen LogP contribution < -0.4 is 16.2 Å². The minimum Gasteiger partial charge on any atom is -0.352 e. The van der Waals surface area contributed by atoms with Crippen molar-refractivity contribution in [3.05, 3.63) is 80.6 Å². The van der Waals surface area contributed by atoms with Crippen LogP contribution in [0.1, 0.15) is 22.3 Å². The molecule has 2 aromatic carbocycles. The number of nitrogens with zero attached hydrogens (tertiary/aromatic N) is 1. The lowest BCUT2D eigenvalue weighted by Gasteiger charge is -2.10. The van der Waals surface area contributed by atoms with Crippen molar-refractivity contribution in [1.82, 2.24) is 15.5 Å². The number of H-pyrrole nitrogens is 1. The van der Waals surface area contributed by atoms with Crippen molar-refractivity contribution in [1.29, 1.82) is 0 Å². The molecule has 0 atom stereocenters.